The summed E-state index contributed by atoms with van der Waals surface area (Å²) < 4.78 is 11.5. The highest BCUT2D eigenvalue weighted by atomic mass is 35.5. The molecule has 1 saturated carbocycles. The first-order valence-electron chi connectivity index (χ1n) is 11.0. The minimum atomic E-state index is 0.392. The van der Waals surface area contributed by atoms with Crippen LogP contribution in [0, 0.1) is 19.8 Å². The third-order valence-electron chi connectivity index (χ3n) is 6.76. The van der Waals surface area contributed by atoms with E-state index in [2.05, 4.69) is 48.8 Å². The van der Waals surface area contributed by atoms with Crippen molar-refractivity contribution >= 4 is 17.3 Å². The molecule has 5 heteroatoms. The van der Waals surface area contributed by atoms with Gasteiger partial charge in [0.25, 0.3) is 0 Å². The number of benzene rings is 2. The Labute approximate surface area is 185 Å². The molecule has 1 saturated heterocycles. The molecule has 2 fully saturated rings. The van der Waals surface area contributed by atoms with Crippen LogP contribution in [0.25, 0.3) is 0 Å². The van der Waals surface area contributed by atoms with Gasteiger partial charge in [0, 0.05) is 44.0 Å². The summed E-state index contributed by atoms with van der Waals surface area (Å²) >= 11 is 6.18. The van der Waals surface area contributed by atoms with E-state index in [9.17, 15) is 0 Å². The van der Waals surface area contributed by atoms with Crippen molar-refractivity contribution in [2.24, 2.45) is 5.92 Å². The van der Waals surface area contributed by atoms with Crippen LogP contribution in [-0.2, 0) is 0 Å². The van der Waals surface area contributed by atoms with E-state index in [4.69, 9.17) is 21.1 Å². The van der Waals surface area contributed by atoms with Crippen LogP contribution in [0.4, 0.5) is 5.69 Å². The molecular formula is C25H33ClN2O2. The van der Waals surface area contributed by atoms with E-state index in [1.165, 1.54) is 35.2 Å². The van der Waals surface area contributed by atoms with Crippen molar-refractivity contribution in [3.05, 3.63) is 52.0 Å². The Kier molecular flexibility index (Phi) is 6.45. The second-order valence-electron chi connectivity index (χ2n) is 8.68. The molecule has 1 atom stereocenters. The summed E-state index contributed by atoms with van der Waals surface area (Å²) in [4.78, 5) is 4.99. The molecule has 0 spiro atoms. The smallest absolute Gasteiger partial charge is 0.139 e. The van der Waals surface area contributed by atoms with Crippen LogP contribution in [-0.4, -0.2) is 44.8 Å². The summed E-state index contributed by atoms with van der Waals surface area (Å²) in [7, 11) is 1.66. The number of nitrogens with zero attached hydrogens (tertiary/aromatic N) is 2. The van der Waals surface area contributed by atoms with Gasteiger partial charge < -0.3 is 14.4 Å². The molecule has 30 heavy (non-hydrogen) atoms. The fourth-order valence-corrected chi connectivity index (χ4v) is 4.52. The average Bonchev–Trinajstić information content (AvgIpc) is 3.59. The predicted molar refractivity (Wildman–Crippen MR) is 124 cm³/mol. The van der Waals surface area contributed by atoms with Gasteiger partial charge in [-0.3, -0.25) is 4.90 Å². The van der Waals surface area contributed by atoms with Gasteiger partial charge in [-0.1, -0.05) is 17.7 Å². The first-order chi connectivity index (χ1) is 14.5. The van der Waals surface area contributed by atoms with Crippen LogP contribution in [0.1, 0.15) is 42.5 Å². The minimum Gasteiger partial charge on any atom is -0.495 e. The minimum absolute atomic E-state index is 0.392. The lowest BCUT2D eigenvalue weighted by atomic mass is 9.96. The molecule has 2 aliphatic rings. The number of hydrogen-bond acceptors (Lipinski definition) is 4. The Bertz CT molecular complexity index is 889. The summed E-state index contributed by atoms with van der Waals surface area (Å²) in [5.41, 5.74) is 5.23. The van der Waals surface area contributed by atoms with Crippen molar-refractivity contribution in [3.8, 4) is 11.5 Å². The molecule has 4 nitrogen and oxygen atoms in total. The maximum absolute atomic E-state index is 6.18. The number of piperazine rings is 1. The molecule has 2 aromatic rings. The van der Waals surface area contributed by atoms with Gasteiger partial charge in [0.05, 0.1) is 18.7 Å². The van der Waals surface area contributed by atoms with Crippen LogP contribution in [0.3, 0.4) is 0 Å². The van der Waals surface area contributed by atoms with Crippen molar-refractivity contribution in [3.63, 3.8) is 0 Å². The molecule has 0 amide bonds. The van der Waals surface area contributed by atoms with Crippen LogP contribution in [0.15, 0.2) is 30.3 Å². The zero-order valence-electron chi connectivity index (χ0n) is 18.6. The van der Waals surface area contributed by atoms with Crippen molar-refractivity contribution in [1.29, 1.82) is 0 Å². The van der Waals surface area contributed by atoms with Gasteiger partial charge in [0.1, 0.15) is 11.5 Å². The molecule has 4 rings (SSSR count). The topological polar surface area (TPSA) is 24.9 Å². The van der Waals surface area contributed by atoms with Crippen molar-refractivity contribution < 1.29 is 9.47 Å². The van der Waals surface area contributed by atoms with Crippen molar-refractivity contribution in [1.82, 2.24) is 4.90 Å². The van der Waals surface area contributed by atoms with Gasteiger partial charge in [0.2, 0.25) is 0 Å². The lowest BCUT2D eigenvalue weighted by Gasteiger charge is -2.40. The average molecular weight is 429 g/mol. The zero-order valence-corrected chi connectivity index (χ0v) is 19.3. The second kappa shape index (κ2) is 9.07. The van der Waals surface area contributed by atoms with Gasteiger partial charge in [0.15, 0.2) is 0 Å². The van der Waals surface area contributed by atoms with Crippen LogP contribution < -0.4 is 14.4 Å². The number of methoxy groups -OCH3 is 1. The summed E-state index contributed by atoms with van der Waals surface area (Å²) in [5.74, 6) is 2.57. The number of halogens is 1. The fraction of sp³-hybridized carbons (Fsp3) is 0.520. The highest BCUT2D eigenvalue weighted by Gasteiger charge is 2.25. The fourth-order valence-electron chi connectivity index (χ4n) is 4.33. The Balaban J connectivity index is 1.40. The Morgan fingerprint density at radius 3 is 2.40 bits per heavy atom. The predicted octanol–water partition coefficient (Wildman–Crippen LogP) is 5.64. The van der Waals surface area contributed by atoms with E-state index >= 15 is 0 Å². The standard InChI is InChI=1S/C25H33ClN2O2/c1-17-18(2)24(30-16-20-5-6-20)10-8-22(17)19(3)27-11-13-28(14-12-27)21-7-9-23(26)25(15-21)29-4/h7-10,15,19-20H,5-6,11-14,16H2,1-4H3. The van der Waals surface area contributed by atoms with Crippen LogP contribution in [0.5, 0.6) is 11.5 Å². The number of hydrogen-bond donors (Lipinski definition) is 0. The summed E-state index contributed by atoms with van der Waals surface area (Å²) in [5, 5.41) is 0.656. The SMILES string of the molecule is COc1cc(N2CCN(C(C)c3ccc(OCC4CC4)c(C)c3C)CC2)ccc1Cl. The third-order valence-corrected chi connectivity index (χ3v) is 7.08. The van der Waals surface area contributed by atoms with E-state index in [-0.39, 0.29) is 0 Å². The molecule has 1 aliphatic carbocycles. The molecule has 0 bridgehead atoms. The molecule has 0 radical (unpaired) electrons. The van der Waals surface area contributed by atoms with Gasteiger partial charge in [-0.05, 0) is 74.4 Å². The van der Waals surface area contributed by atoms with E-state index in [0.29, 0.717) is 11.1 Å². The molecule has 1 unspecified atom stereocenters. The Hall–Kier alpha value is -1.91. The maximum Gasteiger partial charge on any atom is 0.139 e. The largest absolute Gasteiger partial charge is 0.495 e. The van der Waals surface area contributed by atoms with Crippen LogP contribution >= 0.6 is 11.6 Å². The highest BCUT2D eigenvalue weighted by Crippen LogP contribution is 2.35. The lowest BCUT2D eigenvalue weighted by Crippen LogP contribution is -2.47. The van der Waals surface area contributed by atoms with Gasteiger partial charge in [-0.25, -0.2) is 0 Å². The van der Waals surface area contributed by atoms with E-state index < -0.39 is 0 Å². The molecule has 2 aromatic carbocycles. The first kappa shape index (κ1) is 21.3. The van der Waals surface area contributed by atoms with E-state index in [1.807, 2.05) is 12.1 Å². The normalized spacial score (nSPS) is 18.4. The Morgan fingerprint density at radius 2 is 1.73 bits per heavy atom. The van der Waals surface area contributed by atoms with Crippen molar-refractivity contribution in [2.75, 3.05) is 44.8 Å². The molecule has 0 N–H and O–H groups in total. The maximum atomic E-state index is 6.18. The van der Waals surface area contributed by atoms with Crippen molar-refractivity contribution in [2.45, 2.75) is 39.7 Å². The second-order valence-corrected chi connectivity index (χ2v) is 9.08. The van der Waals surface area contributed by atoms with Crippen LogP contribution in [0.2, 0.25) is 5.02 Å². The molecule has 1 heterocycles. The lowest BCUT2D eigenvalue weighted by molar-refractivity contribution is 0.198. The number of anilines is 1. The molecule has 1 aliphatic heterocycles. The monoisotopic (exact) mass is 428 g/mol. The highest BCUT2D eigenvalue weighted by molar-refractivity contribution is 6.32. The van der Waals surface area contributed by atoms with E-state index in [0.717, 1.165) is 50.2 Å². The number of ether oxygens (including phenoxy) is 2. The molecule has 0 aromatic heterocycles. The quantitative estimate of drug-likeness (QED) is 0.569. The summed E-state index contributed by atoms with van der Waals surface area (Å²) in [6, 6.07) is 10.9. The number of rotatable bonds is 7. The summed E-state index contributed by atoms with van der Waals surface area (Å²) in [6.45, 7) is 11.7. The molecular weight excluding hydrogens is 396 g/mol. The zero-order chi connectivity index (χ0) is 21.3. The first-order valence-corrected chi connectivity index (χ1v) is 11.4. The van der Waals surface area contributed by atoms with Gasteiger partial charge in [-0.2, -0.15) is 0 Å². The van der Waals surface area contributed by atoms with Gasteiger partial charge >= 0.3 is 0 Å². The van der Waals surface area contributed by atoms with E-state index in [1.54, 1.807) is 7.11 Å². The van der Waals surface area contributed by atoms with Gasteiger partial charge in [-0.15, -0.1) is 0 Å². The molecule has 162 valence electrons. The Morgan fingerprint density at radius 1 is 1.00 bits per heavy atom. The third kappa shape index (κ3) is 4.55. The summed E-state index contributed by atoms with van der Waals surface area (Å²) in [6.07, 6.45) is 2.64.